The van der Waals surface area contributed by atoms with Gasteiger partial charge in [0.25, 0.3) is 0 Å². The lowest BCUT2D eigenvalue weighted by atomic mass is 9.97. The third-order valence-electron chi connectivity index (χ3n) is 6.72. The van der Waals surface area contributed by atoms with E-state index < -0.39 is 59.2 Å². The number of rotatable bonds is 12. The second-order valence-electron chi connectivity index (χ2n) is 14.3. The Kier molecular flexibility index (Phi) is 13.2. The average molecular weight is 624 g/mol. The van der Waals surface area contributed by atoms with E-state index in [0.29, 0.717) is 12.0 Å². The molecular formula is C36H53N3O6. The number of benzene rings is 2. The number of alkyl carbamates (subject to hydrolysis) is 1. The van der Waals surface area contributed by atoms with Crippen LogP contribution in [0.25, 0.3) is 0 Å². The van der Waals surface area contributed by atoms with E-state index in [0.717, 1.165) is 11.1 Å². The van der Waals surface area contributed by atoms with E-state index in [2.05, 4.69) is 10.6 Å². The average Bonchev–Trinajstić information content (AvgIpc) is 2.89. The highest BCUT2D eigenvalue weighted by atomic mass is 16.6. The number of ether oxygens (including phenoxy) is 2. The Labute approximate surface area is 269 Å². The summed E-state index contributed by atoms with van der Waals surface area (Å²) in [5.74, 6) is -1.48. The van der Waals surface area contributed by atoms with Gasteiger partial charge in [-0.1, -0.05) is 74.0 Å². The van der Waals surface area contributed by atoms with Crippen LogP contribution in [0.15, 0.2) is 54.6 Å². The Hall–Kier alpha value is -3.88. The van der Waals surface area contributed by atoms with Crippen molar-refractivity contribution < 1.29 is 28.7 Å². The van der Waals surface area contributed by atoms with Crippen LogP contribution in [-0.4, -0.2) is 58.1 Å². The van der Waals surface area contributed by atoms with Crippen LogP contribution in [0, 0.1) is 12.8 Å². The van der Waals surface area contributed by atoms with Gasteiger partial charge in [-0.25, -0.2) is 9.59 Å². The van der Waals surface area contributed by atoms with Crippen molar-refractivity contribution >= 4 is 23.9 Å². The van der Waals surface area contributed by atoms with Crippen molar-refractivity contribution in [1.82, 2.24) is 15.5 Å². The summed E-state index contributed by atoms with van der Waals surface area (Å²) in [6.45, 7) is 20.1. The van der Waals surface area contributed by atoms with Gasteiger partial charge in [-0.15, -0.1) is 0 Å². The number of carbonyl (C=O) groups excluding carboxylic acids is 4. The zero-order valence-electron chi connectivity index (χ0n) is 28.9. The van der Waals surface area contributed by atoms with Gasteiger partial charge < -0.3 is 25.0 Å². The predicted molar refractivity (Wildman–Crippen MR) is 176 cm³/mol. The first kappa shape index (κ1) is 37.3. The molecule has 0 aliphatic rings. The Balaban J connectivity index is 2.58. The highest BCUT2D eigenvalue weighted by molar-refractivity contribution is 5.94. The second kappa shape index (κ2) is 15.9. The molecule has 3 unspecified atom stereocenters. The molecule has 2 rings (SSSR count). The molecule has 248 valence electrons. The van der Waals surface area contributed by atoms with Gasteiger partial charge in [0.15, 0.2) is 0 Å². The van der Waals surface area contributed by atoms with Crippen LogP contribution in [-0.2, 0) is 30.3 Å². The molecule has 9 nitrogen and oxygen atoms in total. The van der Waals surface area contributed by atoms with E-state index in [1.807, 2.05) is 77.1 Å². The minimum Gasteiger partial charge on any atom is -0.458 e. The highest BCUT2D eigenvalue weighted by Crippen LogP contribution is 2.27. The van der Waals surface area contributed by atoms with Crippen LogP contribution in [0.3, 0.4) is 0 Å². The maximum atomic E-state index is 14.4. The first-order valence-electron chi connectivity index (χ1n) is 15.7. The summed E-state index contributed by atoms with van der Waals surface area (Å²) in [5, 5.41) is 5.68. The van der Waals surface area contributed by atoms with Crippen molar-refractivity contribution in [1.29, 1.82) is 0 Å². The van der Waals surface area contributed by atoms with Gasteiger partial charge in [-0.05, 0) is 85.8 Å². The fourth-order valence-corrected chi connectivity index (χ4v) is 4.86. The summed E-state index contributed by atoms with van der Waals surface area (Å²) in [7, 11) is 0. The van der Waals surface area contributed by atoms with Gasteiger partial charge in [0, 0.05) is 12.5 Å². The van der Waals surface area contributed by atoms with Crippen LogP contribution in [0.4, 0.5) is 4.79 Å². The summed E-state index contributed by atoms with van der Waals surface area (Å²) in [5.41, 5.74) is 0.872. The molecule has 2 N–H and O–H groups in total. The maximum absolute atomic E-state index is 14.4. The van der Waals surface area contributed by atoms with Crippen LogP contribution < -0.4 is 10.6 Å². The first-order valence-corrected chi connectivity index (χ1v) is 15.7. The van der Waals surface area contributed by atoms with Crippen molar-refractivity contribution in [3.63, 3.8) is 0 Å². The summed E-state index contributed by atoms with van der Waals surface area (Å²) >= 11 is 0. The lowest BCUT2D eigenvalue weighted by molar-refractivity contribution is -0.159. The molecule has 0 spiro atoms. The van der Waals surface area contributed by atoms with Gasteiger partial charge in [0.05, 0.1) is 0 Å². The summed E-state index contributed by atoms with van der Waals surface area (Å²) in [6, 6.07) is 13.2. The van der Waals surface area contributed by atoms with Crippen molar-refractivity contribution in [3.05, 3.63) is 71.3 Å². The summed E-state index contributed by atoms with van der Waals surface area (Å²) in [4.78, 5) is 56.5. The third kappa shape index (κ3) is 12.6. The maximum Gasteiger partial charge on any atom is 0.408 e. The number of amides is 3. The minimum absolute atomic E-state index is 0.0528. The molecule has 2 aromatic rings. The van der Waals surface area contributed by atoms with Crippen LogP contribution in [0.1, 0.15) is 98.4 Å². The molecule has 0 radical (unpaired) electrons. The smallest absolute Gasteiger partial charge is 0.408 e. The molecule has 0 aromatic heterocycles. The molecule has 0 aliphatic carbocycles. The van der Waals surface area contributed by atoms with Gasteiger partial charge in [-0.2, -0.15) is 0 Å². The number of carbonyl (C=O) groups is 4. The summed E-state index contributed by atoms with van der Waals surface area (Å²) in [6.07, 6.45) is -0.180. The number of hydrogen-bond acceptors (Lipinski definition) is 6. The zero-order valence-corrected chi connectivity index (χ0v) is 28.9. The van der Waals surface area contributed by atoms with Gasteiger partial charge in [-0.3, -0.25) is 9.59 Å². The van der Waals surface area contributed by atoms with Crippen molar-refractivity contribution in [2.45, 2.75) is 124 Å². The van der Waals surface area contributed by atoms with Crippen LogP contribution >= 0.6 is 0 Å². The summed E-state index contributed by atoms with van der Waals surface area (Å²) < 4.78 is 11.2. The van der Waals surface area contributed by atoms with Crippen LogP contribution in [0.5, 0.6) is 0 Å². The van der Waals surface area contributed by atoms with E-state index in [4.69, 9.17) is 9.47 Å². The van der Waals surface area contributed by atoms with Gasteiger partial charge >= 0.3 is 12.1 Å². The lowest BCUT2D eigenvalue weighted by Crippen LogP contribution is -2.57. The number of nitrogens with zero attached hydrogens (tertiary/aromatic N) is 1. The third-order valence-corrected chi connectivity index (χ3v) is 6.72. The van der Waals surface area contributed by atoms with Crippen molar-refractivity contribution in [2.24, 2.45) is 5.92 Å². The Morgan fingerprint density at radius 3 is 1.80 bits per heavy atom. The molecule has 9 heteroatoms. The van der Waals surface area contributed by atoms with Crippen molar-refractivity contribution in [3.8, 4) is 0 Å². The molecule has 0 saturated carbocycles. The molecule has 0 fully saturated rings. The largest absolute Gasteiger partial charge is 0.458 e. The van der Waals surface area contributed by atoms with Gasteiger partial charge in [0.2, 0.25) is 11.8 Å². The van der Waals surface area contributed by atoms with Gasteiger partial charge in [0.1, 0.15) is 29.3 Å². The number of hydrogen-bond donors (Lipinski definition) is 2. The SMILES string of the molecule is Cc1ccc(C(C(=O)NC(Cc2ccccc2)C(=O)OC(C)(C)C)N(C(=O)C(CC(C)C)NC(=O)OC(C)(C)C)C(C)C)cc1. The second-order valence-corrected chi connectivity index (χ2v) is 14.3. The Bertz CT molecular complexity index is 1280. The van der Waals surface area contributed by atoms with Crippen molar-refractivity contribution in [2.75, 3.05) is 0 Å². The molecular weight excluding hydrogens is 570 g/mol. The molecule has 45 heavy (non-hydrogen) atoms. The first-order chi connectivity index (χ1) is 20.8. The Morgan fingerprint density at radius 1 is 0.756 bits per heavy atom. The van der Waals surface area contributed by atoms with E-state index in [1.165, 1.54) is 4.90 Å². The Morgan fingerprint density at radius 2 is 1.31 bits per heavy atom. The molecule has 3 amide bonds. The molecule has 2 aromatic carbocycles. The quantitative estimate of drug-likeness (QED) is 0.269. The van der Waals surface area contributed by atoms with E-state index in [1.54, 1.807) is 53.7 Å². The molecule has 0 saturated heterocycles. The molecule has 0 bridgehead atoms. The molecule has 0 aliphatic heterocycles. The molecule has 3 atom stereocenters. The lowest BCUT2D eigenvalue weighted by Gasteiger charge is -2.38. The number of aryl methyl sites for hydroxylation is 1. The topological polar surface area (TPSA) is 114 Å². The fraction of sp³-hybridized carbons (Fsp3) is 0.556. The molecule has 0 heterocycles. The standard InChI is InChI=1S/C36H53N3O6/c1-23(2)21-28(38-34(43)45-36(9,10)11)32(41)39(24(3)4)30(27-19-17-25(5)18-20-27)31(40)37-29(33(42)44-35(6,7)8)22-26-15-13-12-14-16-26/h12-20,23-24,28-30H,21-22H2,1-11H3,(H,37,40)(H,38,43). The predicted octanol–water partition coefficient (Wildman–Crippen LogP) is 6.28. The van der Waals surface area contributed by atoms with Crippen LogP contribution in [0.2, 0.25) is 0 Å². The zero-order chi connectivity index (χ0) is 34.1. The minimum atomic E-state index is -1.10. The fourth-order valence-electron chi connectivity index (χ4n) is 4.86. The van der Waals surface area contributed by atoms with E-state index in [-0.39, 0.29) is 12.3 Å². The normalized spacial score (nSPS) is 13.9. The number of nitrogens with one attached hydrogen (secondary N) is 2. The number of esters is 1. The monoisotopic (exact) mass is 623 g/mol. The highest BCUT2D eigenvalue weighted by Gasteiger charge is 2.39. The van der Waals surface area contributed by atoms with E-state index in [9.17, 15) is 19.2 Å². The van der Waals surface area contributed by atoms with E-state index >= 15 is 0 Å².